The molecule has 13 heteroatoms. The van der Waals surface area contributed by atoms with Crippen molar-refractivity contribution in [2.45, 2.75) is 17.5 Å². The number of sulfonamides is 1. The first-order valence-corrected chi connectivity index (χ1v) is 11.6. The molecule has 2 aromatic carbocycles. The molecule has 2 aromatic rings. The summed E-state index contributed by atoms with van der Waals surface area (Å²) in [6.07, 6.45) is -5.24. The quantitative estimate of drug-likeness (QED) is 0.462. The Labute approximate surface area is 192 Å². The summed E-state index contributed by atoms with van der Waals surface area (Å²) in [4.78, 5) is 12.2. The van der Waals surface area contributed by atoms with Crippen molar-refractivity contribution in [2.24, 2.45) is 5.18 Å². The molecule has 0 atom stereocenters. The number of nitrogens with zero attached hydrogens (tertiary/aromatic N) is 3. The van der Waals surface area contributed by atoms with Crippen LogP contribution >= 0.6 is 23.2 Å². The van der Waals surface area contributed by atoms with E-state index in [9.17, 15) is 26.5 Å². The van der Waals surface area contributed by atoms with E-state index in [0.29, 0.717) is 0 Å². The van der Waals surface area contributed by atoms with Crippen LogP contribution in [0, 0.1) is 4.91 Å². The average molecular weight is 512 g/mol. The van der Waals surface area contributed by atoms with Crippen molar-refractivity contribution in [2.75, 3.05) is 32.7 Å². The third-order valence-electron chi connectivity index (χ3n) is 4.76. The number of benzene rings is 2. The Bertz CT molecular complexity index is 1070. The second-order valence-electron chi connectivity index (χ2n) is 7.04. The van der Waals surface area contributed by atoms with E-state index in [2.05, 4.69) is 5.18 Å². The van der Waals surface area contributed by atoms with Gasteiger partial charge in [-0.05, 0) is 41.6 Å². The van der Waals surface area contributed by atoms with Crippen LogP contribution in [0.5, 0.6) is 11.5 Å². The zero-order valence-corrected chi connectivity index (χ0v) is 18.8. The highest BCUT2D eigenvalue weighted by Crippen LogP contribution is 2.36. The van der Waals surface area contributed by atoms with E-state index in [1.807, 2.05) is 0 Å². The van der Waals surface area contributed by atoms with Crippen molar-refractivity contribution < 1.29 is 26.3 Å². The molecule has 0 radical (unpaired) electrons. The van der Waals surface area contributed by atoms with Gasteiger partial charge in [0.05, 0.1) is 6.42 Å². The number of hydrogen-bond donors (Lipinski definition) is 0. The lowest BCUT2D eigenvalue weighted by atomic mass is 10.3. The molecule has 0 aromatic heterocycles. The van der Waals surface area contributed by atoms with Gasteiger partial charge in [0.25, 0.3) is 0 Å². The first-order valence-electron chi connectivity index (χ1n) is 9.38. The van der Waals surface area contributed by atoms with Gasteiger partial charge >= 0.3 is 6.18 Å². The van der Waals surface area contributed by atoms with Crippen LogP contribution in [-0.4, -0.2) is 56.5 Å². The Balaban J connectivity index is 1.83. The van der Waals surface area contributed by atoms with Gasteiger partial charge in [0.2, 0.25) is 10.0 Å². The van der Waals surface area contributed by atoms with E-state index in [1.54, 1.807) is 4.90 Å². The molecule has 0 saturated carbocycles. The van der Waals surface area contributed by atoms with Gasteiger partial charge < -0.3 is 9.64 Å². The molecule has 0 bridgehead atoms. The number of piperazine rings is 1. The highest BCUT2D eigenvalue weighted by Gasteiger charge is 2.33. The van der Waals surface area contributed by atoms with E-state index in [0.717, 1.165) is 10.4 Å². The molecular formula is C19H18Cl2F3N3O4S. The van der Waals surface area contributed by atoms with Gasteiger partial charge in [-0.2, -0.15) is 17.5 Å². The molecule has 0 spiro atoms. The van der Waals surface area contributed by atoms with Crippen LogP contribution in [0.3, 0.4) is 0 Å². The van der Waals surface area contributed by atoms with Crippen molar-refractivity contribution in [1.29, 1.82) is 0 Å². The van der Waals surface area contributed by atoms with Crippen molar-refractivity contribution in [3.8, 4) is 11.5 Å². The molecule has 174 valence electrons. The third kappa shape index (κ3) is 6.32. The van der Waals surface area contributed by atoms with Crippen molar-refractivity contribution in [3.05, 3.63) is 51.4 Å². The zero-order chi connectivity index (χ0) is 23.5. The molecule has 0 N–H and O–H groups in total. The molecular weight excluding hydrogens is 494 g/mol. The molecule has 0 amide bonds. The normalized spacial score (nSPS) is 16.2. The highest BCUT2D eigenvalue weighted by molar-refractivity contribution is 7.89. The lowest BCUT2D eigenvalue weighted by molar-refractivity contribution is -0.138. The van der Waals surface area contributed by atoms with Crippen LogP contribution in [0.1, 0.15) is 6.42 Å². The van der Waals surface area contributed by atoms with Crippen LogP contribution in [0.15, 0.2) is 46.5 Å². The number of halogens is 5. The van der Waals surface area contributed by atoms with E-state index >= 15 is 0 Å². The predicted octanol–water partition coefficient (Wildman–Crippen LogP) is 5.44. The summed E-state index contributed by atoms with van der Waals surface area (Å²) in [7, 11) is -4.14. The summed E-state index contributed by atoms with van der Waals surface area (Å²) < 4.78 is 70.7. The smallest absolute Gasteiger partial charge is 0.390 e. The van der Waals surface area contributed by atoms with Gasteiger partial charge in [-0.25, -0.2) is 8.42 Å². The molecule has 3 rings (SSSR count). The number of hydrogen-bond acceptors (Lipinski definition) is 6. The van der Waals surface area contributed by atoms with E-state index in [1.165, 1.54) is 30.3 Å². The van der Waals surface area contributed by atoms with Crippen LogP contribution in [-0.2, 0) is 10.0 Å². The maximum atomic E-state index is 13.3. The van der Waals surface area contributed by atoms with Crippen LogP contribution in [0.4, 0.5) is 18.9 Å². The van der Waals surface area contributed by atoms with Crippen molar-refractivity contribution in [1.82, 2.24) is 9.21 Å². The molecule has 1 aliphatic rings. The first-order chi connectivity index (χ1) is 15.0. The third-order valence-corrected chi connectivity index (χ3v) is 7.11. The first kappa shape index (κ1) is 24.7. The fourth-order valence-electron chi connectivity index (χ4n) is 3.17. The van der Waals surface area contributed by atoms with Gasteiger partial charge in [0, 0.05) is 42.8 Å². The second-order valence-corrected chi connectivity index (χ2v) is 9.82. The molecule has 0 aliphatic carbocycles. The van der Waals surface area contributed by atoms with Gasteiger partial charge in [-0.1, -0.05) is 23.2 Å². The van der Waals surface area contributed by atoms with E-state index < -0.39 is 22.6 Å². The van der Waals surface area contributed by atoms with E-state index in [-0.39, 0.29) is 64.9 Å². The van der Waals surface area contributed by atoms with Crippen LogP contribution in [0.25, 0.3) is 0 Å². The molecule has 0 unspecified atom stereocenters. The predicted molar refractivity (Wildman–Crippen MR) is 114 cm³/mol. The molecule has 1 saturated heterocycles. The van der Waals surface area contributed by atoms with Crippen LogP contribution < -0.4 is 4.74 Å². The number of ether oxygens (including phenoxy) is 1. The Morgan fingerprint density at radius 1 is 1.00 bits per heavy atom. The average Bonchev–Trinajstić information content (AvgIpc) is 2.71. The summed E-state index contributed by atoms with van der Waals surface area (Å²) in [5, 5.41) is 3.33. The van der Waals surface area contributed by atoms with Gasteiger partial charge in [0.15, 0.2) is 0 Å². The molecule has 32 heavy (non-hydrogen) atoms. The summed E-state index contributed by atoms with van der Waals surface area (Å²) >= 11 is 11.9. The maximum absolute atomic E-state index is 13.3. The Hall–Kier alpha value is -1.92. The molecule has 1 fully saturated rings. The largest absolute Gasteiger partial charge is 0.456 e. The van der Waals surface area contributed by atoms with E-state index in [4.69, 9.17) is 27.9 Å². The number of rotatable bonds is 7. The summed E-state index contributed by atoms with van der Waals surface area (Å²) in [5.41, 5.74) is -0.121. The number of alkyl halides is 3. The highest BCUT2D eigenvalue weighted by atomic mass is 35.5. The summed E-state index contributed by atoms with van der Waals surface area (Å²) in [6.45, 7) is 0.0522. The standard InChI is InChI=1S/C19H18Cl2F3N3O4S/c20-13-9-14(21)11-16(10-13)31-17-2-1-15(25-28)12-18(17)32(29,30)27-7-5-26(6-8-27)4-3-19(22,23)24/h1-2,9-12H,3-8H2. The number of nitroso groups, excluding NO2 is 1. The van der Waals surface area contributed by atoms with Gasteiger partial charge in [-0.15, -0.1) is 4.91 Å². The second kappa shape index (κ2) is 9.92. The van der Waals surface area contributed by atoms with Gasteiger partial charge in [-0.3, -0.25) is 0 Å². The summed E-state index contributed by atoms with van der Waals surface area (Å²) in [6, 6.07) is 8.02. The lowest BCUT2D eigenvalue weighted by Gasteiger charge is -2.34. The minimum atomic E-state index is -4.28. The Kier molecular flexibility index (Phi) is 7.66. The summed E-state index contributed by atoms with van der Waals surface area (Å²) in [5.74, 6) is 0.109. The topological polar surface area (TPSA) is 79.3 Å². The Morgan fingerprint density at radius 2 is 1.62 bits per heavy atom. The minimum absolute atomic E-state index is 0.0125. The fourth-order valence-corrected chi connectivity index (χ4v) is 5.23. The fraction of sp³-hybridized carbons (Fsp3) is 0.368. The monoisotopic (exact) mass is 511 g/mol. The zero-order valence-electron chi connectivity index (χ0n) is 16.5. The Morgan fingerprint density at radius 3 is 2.19 bits per heavy atom. The molecule has 7 nitrogen and oxygen atoms in total. The molecule has 1 heterocycles. The maximum Gasteiger partial charge on any atom is 0.390 e. The van der Waals surface area contributed by atoms with Crippen molar-refractivity contribution >= 4 is 38.9 Å². The lowest BCUT2D eigenvalue weighted by Crippen LogP contribution is -2.49. The minimum Gasteiger partial charge on any atom is -0.456 e. The molecule has 1 aliphatic heterocycles. The van der Waals surface area contributed by atoms with Crippen LogP contribution in [0.2, 0.25) is 10.0 Å². The van der Waals surface area contributed by atoms with Gasteiger partial charge in [0.1, 0.15) is 22.1 Å². The van der Waals surface area contributed by atoms with Crippen molar-refractivity contribution in [3.63, 3.8) is 0 Å². The SMILES string of the molecule is O=Nc1ccc(Oc2cc(Cl)cc(Cl)c2)c(S(=O)(=O)N2CCN(CCC(F)(F)F)CC2)c1.